The summed E-state index contributed by atoms with van der Waals surface area (Å²) in [4.78, 5) is 10.4. The molecule has 2 aliphatic rings. The summed E-state index contributed by atoms with van der Waals surface area (Å²) in [6.07, 6.45) is -9.34. The zero-order chi connectivity index (χ0) is 23.4. The van der Waals surface area contributed by atoms with E-state index in [0.29, 0.717) is 23.7 Å². The molecule has 6 nitrogen and oxygen atoms in total. The number of hydrogen-bond acceptors (Lipinski definition) is 7. The summed E-state index contributed by atoms with van der Waals surface area (Å²) in [5.41, 5.74) is -0.270. The fourth-order valence-electron chi connectivity index (χ4n) is 4.38. The number of oxazole rings is 1. The first-order valence-corrected chi connectivity index (χ1v) is 11.1. The highest BCUT2D eigenvalue weighted by Gasteiger charge is 2.46. The number of alkyl halides is 6. The number of benzene rings is 1. The van der Waals surface area contributed by atoms with Crippen LogP contribution in [0.25, 0.3) is 21.7 Å². The third-order valence-corrected chi connectivity index (χ3v) is 6.51. The van der Waals surface area contributed by atoms with E-state index in [1.54, 1.807) is 5.38 Å². The maximum atomic E-state index is 13.8. The number of thiazole rings is 1. The summed E-state index contributed by atoms with van der Waals surface area (Å²) in [5, 5.41) is 5.64. The Balaban J connectivity index is 1.61. The summed E-state index contributed by atoms with van der Waals surface area (Å²) in [7, 11) is 0. The molecule has 0 spiro atoms. The van der Waals surface area contributed by atoms with Gasteiger partial charge in [-0.15, -0.1) is 11.3 Å². The Kier molecular flexibility index (Phi) is 5.52. The van der Waals surface area contributed by atoms with Crippen molar-refractivity contribution in [3.05, 3.63) is 29.3 Å². The minimum Gasteiger partial charge on any atom is -0.423 e. The van der Waals surface area contributed by atoms with Crippen molar-refractivity contribution in [1.82, 2.24) is 15.3 Å². The van der Waals surface area contributed by atoms with Gasteiger partial charge in [0.15, 0.2) is 11.7 Å². The number of ether oxygens (including phenoxy) is 1. The van der Waals surface area contributed by atoms with Crippen molar-refractivity contribution in [2.45, 2.75) is 43.4 Å². The van der Waals surface area contributed by atoms with Crippen molar-refractivity contribution in [2.75, 3.05) is 24.6 Å². The number of aromatic nitrogens is 2. The summed E-state index contributed by atoms with van der Waals surface area (Å²) in [6.45, 7) is -0.907. The molecular formula is C20H18F6N4O2S. The van der Waals surface area contributed by atoms with Crippen LogP contribution in [-0.2, 0) is 4.74 Å². The van der Waals surface area contributed by atoms with Crippen LogP contribution in [-0.4, -0.2) is 54.1 Å². The van der Waals surface area contributed by atoms with Gasteiger partial charge in [-0.05, 0) is 18.9 Å². The van der Waals surface area contributed by atoms with Gasteiger partial charge in [-0.25, -0.2) is 4.98 Å². The lowest BCUT2D eigenvalue weighted by molar-refractivity contribution is -0.257. The Morgan fingerprint density at radius 1 is 1.15 bits per heavy atom. The van der Waals surface area contributed by atoms with Gasteiger partial charge < -0.3 is 19.4 Å². The average molecular weight is 492 g/mol. The molecule has 2 unspecified atom stereocenters. The van der Waals surface area contributed by atoms with Crippen molar-refractivity contribution in [1.29, 1.82) is 0 Å². The second-order valence-corrected chi connectivity index (χ2v) is 9.00. The van der Waals surface area contributed by atoms with Crippen molar-refractivity contribution in [3.8, 4) is 10.6 Å². The number of anilines is 1. The number of halogens is 6. The molecule has 1 N–H and O–H groups in total. The summed E-state index contributed by atoms with van der Waals surface area (Å²) >= 11 is 1.26. The Labute approximate surface area is 187 Å². The van der Waals surface area contributed by atoms with Crippen LogP contribution >= 0.6 is 11.3 Å². The van der Waals surface area contributed by atoms with Gasteiger partial charge in [0.25, 0.3) is 6.01 Å². The smallest absolute Gasteiger partial charge is 0.418 e. The zero-order valence-electron chi connectivity index (χ0n) is 16.9. The molecule has 0 amide bonds. The number of rotatable bonds is 5. The molecule has 33 heavy (non-hydrogen) atoms. The molecule has 2 saturated heterocycles. The number of hydrogen-bond donors (Lipinski definition) is 1. The van der Waals surface area contributed by atoms with Crippen molar-refractivity contribution in [2.24, 2.45) is 0 Å². The van der Waals surface area contributed by atoms with Crippen LogP contribution in [0.2, 0.25) is 0 Å². The van der Waals surface area contributed by atoms with Gasteiger partial charge in [0, 0.05) is 42.3 Å². The van der Waals surface area contributed by atoms with Gasteiger partial charge in [0.2, 0.25) is 0 Å². The van der Waals surface area contributed by atoms with E-state index in [1.807, 2.05) is 4.90 Å². The van der Waals surface area contributed by atoms with Gasteiger partial charge in [0.1, 0.15) is 17.1 Å². The number of nitrogens with zero attached hydrogens (tertiary/aromatic N) is 3. The monoisotopic (exact) mass is 492 g/mol. The van der Waals surface area contributed by atoms with Crippen LogP contribution in [0, 0.1) is 0 Å². The van der Waals surface area contributed by atoms with Crippen LogP contribution in [0.1, 0.15) is 24.5 Å². The summed E-state index contributed by atoms with van der Waals surface area (Å²) in [6, 6.07) is 3.00. The number of nitrogens with one attached hydrogen (secondary N) is 1. The van der Waals surface area contributed by atoms with Crippen molar-refractivity contribution >= 4 is 28.5 Å². The molecule has 5 rings (SSSR count). The van der Waals surface area contributed by atoms with Crippen LogP contribution < -0.4 is 10.2 Å². The molecule has 178 valence electrons. The standard InChI is InChI=1S/C20H18F6N4O2S/c21-19(22,23)9-31-16(20(24,25)26)12-3-4-13(17-27-5-6-33-17)15-14(12)29-18(32-15)30-7-10-1-2-11(8-30)28-10/h3-6,10-11,16,28H,1-2,7-9H2/t10-,11?,16?/m0/s1. The fraction of sp³-hybridized carbons (Fsp3) is 0.500. The highest BCUT2D eigenvalue weighted by molar-refractivity contribution is 7.13. The molecule has 3 atom stereocenters. The van der Waals surface area contributed by atoms with E-state index in [0.717, 1.165) is 18.9 Å². The first-order valence-electron chi connectivity index (χ1n) is 10.2. The second-order valence-electron chi connectivity index (χ2n) is 8.10. The van der Waals surface area contributed by atoms with E-state index in [2.05, 4.69) is 20.0 Å². The van der Waals surface area contributed by atoms with Gasteiger partial charge >= 0.3 is 12.4 Å². The fourth-order valence-corrected chi connectivity index (χ4v) is 5.04. The Morgan fingerprint density at radius 2 is 1.88 bits per heavy atom. The normalized spacial score (nSPS) is 22.3. The van der Waals surface area contributed by atoms with E-state index in [1.165, 1.54) is 23.6 Å². The minimum atomic E-state index is -5.09. The topological polar surface area (TPSA) is 63.4 Å². The lowest BCUT2D eigenvalue weighted by atomic mass is 10.0. The first-order chi connectivity index (χ1) is 15.6. The van der Waals surface area contributed by atoms with Gasteiger partial charge in [-0.2, -0.15) is 31.3 Å². The third-order valence-electron chi connectivity index (χ3n) is 5.71. The molecule has 13 heteroatoms. The number of fused-ring (bicyclic) bond motifs is 3. The van der Waals surface area contributed by atoms with Crippen LogP contribution in [0.3, 0.4) is 0 Å². The van der Waals surface area contributed by atoms with E-state index in [9.17, 15) is 26.3 Å². The van der Waals surface area contributed by atoms with Gasteiger partial charge in [-0.1, -0.05) is 6.07 Å². The van der Waals surface area contributed by atoms with E-state index in [4.69, 9.17) is 4.42 Å². The van der Waals surface area contributed by atoms with E-state index >= 15 is 0 Å². The predicted octanol–water partition coefficient (Wildman–Crippen LogP) is 5.07. The SMILES string of the molecule is FC(F)(F)COC(c1ccc(-c2nccs2)c2oc(N3CC4CC[C@@H](C3)N4)nc12)C(F)(F)F. The molecule has 1 aromatic carbocycles. The van der Waals surface area contributed by atoms with E-state index in [-0.39, 0.29) is 29.2 Å². The van der Waals surface area contributed by atoms with Gasteiger partial charge in [-0.3, -0.25) is 0 Å². The molecule has 2 aliphatic heterocycles. The van der Waals surface area contributed by atoms with Crippen LogP contribution in [0.5, 0.6) is 0 Å². The molecule has 2 bridgehead atoms. The first kappa shape index (κ1) is 22.4. The molecular weight excluding hydrogens is 474 g/mol. The molecule has 0 radical (unpaired) electrons. The van der Waals surface area contributed by atoms with E-state index < -0.39 is 30.6 Å². The molecule has 0 aliphatic carbocycles. The van der Waals surface area contributed by atoms with Crippen LogP contribution in [0.4, 0.5) is 32.4 Å². The Hall–Kier alpha value is -2.38. The predicted molar refractivity (Wildman–Crippen MR) is 108 cm³/mol. The molecule has 4 heterocycles. The molecule has 3 aromatic rings. The third kappa shape index (κ3) is 4.53. The Bertz CT molecular complexity index is 1120. The Morgan fingerprint density at radius 3 is 2.48 bits per heavy atom. The average Bonchev–Trinajstić information content (AvgIpc) is 3.46. The second kappa shape index (κ2) is 8.13. The largest absolute Gasteiger partial charge is 0.423 e. The quantitative estimate of drug-likeness (QED) is 0.502. The lowest BCUT2D eigenvalue weighted by Crippen LogP contribution is -2.51. The zero-order valence-corrected chi connectivity index (χ0v) is 17.7. The highest BCUT2D eigenvalue weighted by Crippen LogP contribution is 2.43. The number of piperazine rings is 1. The van der Waals surface area contributed by atoms with Crippen molar-refractivity contribution in [3.63, 3.8) is 0 Å². The van der Waals surface area contributed by atoms with Gasteiger partial charge in [0.05, 0.1) is 5.56 Å². The van der Waals surface area contributed by atoms with Crippen molar-refractivity contribution < 1.29 is 35.5 Å². The lowest BCUT2D eigenvalue weighted by Gasteiger charge is -2.31. The molecule has 0 saturated carbocycles. The highest BCUT2D eigenvalue weighted by atomic mass is 32.1. The molecule has 2 fully saturated rings. The maximum Gasteiger partial charge on any atom is 0.418 e. The minimum absolute atomic E-state index is 0.0354. The maximum absolute atomic E-state index is 13.8. The van der Waals surface area contributed by atoms with Crippen LogP contribution in [0.15, 0.2) is 28.1 Å². The molecule has 2 aromatic heterocycles. The summed E-state index contributed by atoms with van der Waals surface area (Å²) < 4.78 is 89.6. The summed E-state index contributed by atoms with van der Waals surface area (Å²) in [5.74, 6) is 0.